The zero-order valence-corrected chi connectivity index (χ0v) is 17.1. The first-order chi connectivity index (χ1) is 15.6. The summed E-state index contributed by atoms with van der Waals surface area (Å²) < 4.78 is 11.8. The van der Waals surface area contributed by atoms with Gasteiger partial charge in [-0.25, -0.2) is 4.79 Å². The Bertz CT molecular complexity index is 1530. The van der Waals surface area contributed by atoms with Crippen LogP contribution in [0, 0.1) is 0 Å². The van der Waals surface area contributed by atoms with E-state index in [4.69, 9.17) is 9.26 Å². The van der Waals surface area contributed by atoms with Gasteiger partial charge in [0.2, 0.25) is 5.82 Å². The topological polar surface area (TPSA) is 103 Å². The number of nitrogens with zero attached hydrogens (tertiary/aromatic N) is 3. The molecule has 0 amide bonds. The van der Waals surface area contributed by atoms with Gasteiger partial charge in [-0.1, -0.05) is 47.6 Å². The third-order valence-corrected chi connectivity index (χ3v) is 5.16. The van der Waals surface area contributed by atoms with Gasteiger partial charge in [0.05, 0.1) is 24.6 Å². The number of rotatable bonds is 5. The van der Waals surface area contributed by atoms with Crippen molar-refractivity contribution in [3.8, 4) is 28.6 Å². The van der Waals surface area contributed by atoms with E-state index in [9.17, 15) is 9.59 Å². The highest BCUT2D eigenvalue weighted by Gasteiger charge is 2.14. The van der Waals surface area contributed by atoms with Crippen LogP contribution in [0.4, 0.5) is 0 Å². The van der Waals surface area contributed by atoms with Crippen LogP contribution in [0.15, 0.2) is 86.9 Å². The zero-order valence-electron chi connectivity index (χ0n) is 17.1. The minimum Gasteiger partial charge on any atom is -0.497 e. The maximum absolute atomic E-state index is 13.0. The number of hydrogen-bond acceptors (Lipinski definition) is 6. The van der Waals surface area contributed by atoms with Crippen molar-refractivity contribution in [3.05, 3.63) is 99.2 Å². The van der Waals surface area contributed by atoms with Crippen LogP contribution >= 0.6 is 0 Å². The fourth-order valence-electron chi connectivity index (χ4n) is 3.53. The number of benzene rings is 3. The normalized spacial score (nSPS) is 11.0. The lowest BCUT2D eigenvalue weighted by Crippen LogP contribution is -2.35. The molecule has 0 fully saturated rings. The lowest BCUT2D eigenvalue weighted by Gasteiger charge is -2.08. The van der Waals surface area contributed by atoms with Crippen molar-refractivity contribution in [2.24, 2.45) is 0 Å². The van der Waals surface area contributed by atoms with Crippen LogP contribution in [0.1, 0.15) is 5.56 Å². The van der Waals surface area contributed by atoms with E-state index in [0.29, 0.717) is 33.9 Å². The molecule has 3 aromatic carbocycles. The molecule has 5 aromatic rings. The Balaban J connectivity index is 1.52. The summed E-state index contributed by atoms with van der Waals surface area (Å²) in [7, 11) is 1.57. The lowest BCUT2D eigenvalue weighted by molar-refractivity contribution is 0.414. The minimum absolute atomic E-state index is 0.132. The lowest BCUT2D eigenvalue weighted by atomic mass is 10.1. The first kappa shape index (κ1) is 19.5. The summed E-state index contributed by atoms with van der Waals surface area (Å²) >= 11 is 0. The first-order valence-electron chi connectivity index (χ1n) is 9.92. The summed E-state index contributed by atoms with van der Waals surface area (Å²) in [6, 6.07) is 21.7. The quantitative estimate of drug-likeness (QED) is 0.462. The molecule has 2 heterocycles. The van der Waals surface area contributed by atoms with Crippen LogP contribution in [0.5, 0.6) is 5.75 Å². The molecule has 0 saturated carbocycles. The molecule has 0 aliphatic heterocycles. The van der Waals surface area contributed by atoms with Crippen molar-refractivity contribution in [2.75, 3.05) is 7.11 Å². The maximum Gasteiger partial charge on any atom is 0.329 e. The van der Waals surface area contributed by atoms with Crippen molar-refractivity contribution in [1.82, 2.24) is 19.7 Å². The predicted octanol–water partition coefficient (Wildman–Crippen LogP) is 3.46. The van der Waals surface area contributed by atoms with Crippen LogP contribution in [-0.4, -0.2) is 26.8 Å². The third kappa shape index (κ3) is 3.58. The molecule has 5 rings (SSSR count). The average molecular weight is 426 g/mol. The second kappa shape index (κ2) is 7.99. The van der Waals surface area contributed by atoms with Crippen LogP contribution < -0.4 is 16.0 Å². The minimum atomic E-state index is -0.502. The number of ether oxygens (including phenoxy) is 1. The van der Waals surface area contributed by atoms with E-state index in [2.05, 4.69) is 15.1 Å². The van der Waals surface area contributed by atoms with Crippen molar-refractivity contribution >= 4 is 10.9 Å². The smallest absolute Gasteiger partial charge is 0.329 e. The molecule has 0 radical (unpaired) electrons. The Kier molecular flexibility index (Phi) is 4.87. The van der Waals surface area contributed by atoms with E-state index in [1.807, 2.05) is 42.5 Å². The summed E-state index contributed by atoms with van der Waals surface area (Å²) in [5.41, 5.74) is 1.74. The number of fused-ring (bicyclic) bond motifs is 1. The van der Waals surface area contributed by atoms with E-state index in [0.717, 1.165) is 15.7 Å². The molecule has 8 nitrogen and oxygen atoms in total. The van der Waals surface area contributed by atoms with E-state index in [-0.39, 0.29) is 12.1 Å². The molecule has 0 saturated heterocycles. The van der Waals surface area contributed by atoms with Gasteiger partial charge in [-0.05, 0) is 35.9 Å². The van der Waals surface area contributed by atoms with Gasteiger partial charge >= 0.3 is 5.69 Å². The van der Waals surface area contributed by atoms with E-state index in [1.165, 1.54) is 0 Å². The summed E-state index contributed by atoms with van der Waals surface area (Å²) in [6.45, 7) is 0.132. The molecule has 0 bridgehead atoms. The monoisotopic (exact) mass is 426 g/mol. The number of methoxy groups -OCH3 is 1. The molecule has 0 spiro atoms. The molecule has 2 aromatic heterocycles. The standard InChI is InChI=1S/C24H18N4O4/c1-31-18-9-5-6-15(12-18)14-28-23(29)19-11-10-17(13-20(19)25-24(28)30)22-26-21(27-32-22)16-7-3-2-4-8-16/h2-13H,14H2,1H3,(H,25,30). The fourth-order valence-corrected chi connectivity index (χ4v) is 3.53. The van der Waals surface area contributed by atoms with Crippen LogP contribution in [0.25, 0.3) is 33.7 Å². The Labute approximate surface area is 181 Å². The van der Waals surface area contributed by atoms with Crippen molar-refractivity contribution < 1.29 is 9.26 Å². The number of nitrogens with one attached hydrogen (secondary N) is 1. The van der Waals surface area contributed by atoms with Crippen LogP contribution in [0.3, 0.4) is 0 Å². The molecule has 0 aliphatic rings. The van der Waals surface area contributed by atoms with Crippen molar-refractivity contribution in [1.29, 1.82) is 0 Å². The van der Waals surface area contributed by atoms with Crippen molar-refractivity contribution in [2.45, 2.75) is 6.54 Å². The Morgan fingerprint density at radius 1 is 0.969 bits per heavy atom. The number of aromatic nitrogens is 4. The summed E-state index contributed by atoms with van der Waals surface area (Å²) in [5, 5.41) is 4.41. The van der Waals surface area contributed by atoms with E-state index >= 15 is 0 Å². The summed E-state index contributed by atoms with van der Waals surface area (Å²) in [6.07, 6.45) is 0. The Hall–Kier alpha value is -4.46. The summed E-state index contributed by atoms with van der Waals surface area (Å²) in [5.74, 6) is 1.42. The van der Waals surface area contributed by atoms with Gasteiger partial charge in [-0.15, -0.1) is 0 Å². The van der Waals surface area contributed by atoms with Gasteiger partial charge in [0.15, 0.2) is 0 Å². The van der Waals surface area contributed by atoms with Crippen molar-refractivity contribution in [3.63, 3.8) is 0 Å². The van der Waals surface area contributed by atoms with Gasteiger partial charge in [0.1, 0.15) is 5.75 Å². The second-order valence-electron chi connectivity index (χ2n) is 7.22. The van der Waals surface area contributed by atoms with Crippen LogP contribution in [0.2, 0.25) is 0 Å². The SMILES string of the molecule is COc1cccc(Cn2c(=O)[nH]c3cc(-c4nc(-c5ccccc5)no4)ccc3c2=O)c1. The predicted molar refractivity (Wildman–Crippen MR) is 120 cm³/mol. The average Bonchev–Trinajstić information content (AvgIpc) is 3.32. The van der Waals surface area contributed by atoms with Gasteiger partial charge in [0.25, 0.3) is 11.4 Å². The van der Waals surface area contributed by atoms with Gasteiger partial charge in [-0.2, -0.15) is 4.98 Å². The molecular formula is C24H18N4O4. The van der Waals surface area contributed by atoms with Gasteiger partial charge in [-0.3, -0.25) is 9.36 Å². The molecule has 0 aliphatic carbocycles. The van der Waals surface area contributed by atoms with Crippen LogP contribution in [-0.2, 0) is 6.54 Å². The maximum atomic E-state index is 13.0. The fraction of sp³-hybridized carbons (Fsp3) is 0.0833. The zero-order chi connectivity index (χ0) is 22.1. The number of aromatic amines is 1. The van der Waals surface area contributed by atoms with E-state index < -0.39 is 5.69 Å². The van der Waals surface area contributed by atoms with Gasteiger partial charge < -0.3 is 14.2 Å². The number of H-pyrrole nitrogens is 1. The molecule has 1 N–H and O–H groups in total. The molecule has 8 heteroatoms. The number of hydrogen-bond donors (Lipinski definition) is 1. The summed E-state index contributed by atoms with van der Waals surface area (Å²) in [4.78, 5) is 32.9. The molecular weight excluding hydrogens is 408 g/mol. The highest BCUT2D eigenvalue weighted by molar-refractivity contribution is 5.82. The molecule has 0 unspecified atom stereocenters. The van der Waals surface area contributed by atoms with Gasteiger partial charge in [0, 0.05) is 11.1 Å². The third-order valence-electron chi connectivity index (χ3n) is 5.16. The Morgan fingerprint density at radius 3 is 2.62 bits per heavy atom. The highest BCUT2D eigenvalue weighted by Crippen LogP contribution is 2.24. The molecule has 158 valence electrons. The highest BCUT2D eigenvalue weighted by atomic mass is 16.5. The molecule has 0 atom stereocenters. The first-order valence-corrected chi connectivity index (χ1v) is 9.92. The second-order valence-corrected chi connectivity index (χ2v) is 7.22. The largest absolute Gasteiger partial charge is 0.497 e. The Morgan fingerprint density at radius 2 is 1.81 bits per heavy atom. The van der Waals surface area contributed by atoms with E-state index in [1.54, 1.807) is 37.4 Å². The molecule has 32 heavy (non-hydrogen) atoms.